The molecule has 1 rings (SSSR count). The van der Waals surface area contributed by atoms with Crippen LogP contribution in [0.25, 0.3) is 0 Å². The molecule has 0 aliphatic heterocycles. The number of carbonyl (C=O) groups is 2. The molecule has 1 aromatic rings. The van der Waals surface area contributed by atoms with Gasteiger partial charge in [-0.15, -0.1) is 11.8 Å². The van der Waals surface area contributed by atoms with E-state index in [0.29, 0.717) is 56.3 Å². The van der Waals surface area contributed by atoms with Crippen molar-refractivity contribution < 1.29 is 24.9 Å². The molecule has 3 unspecified atom stereocenters. The number of unbranched alkanes of at least 4 members (excludes halogenated alkanes) is 1. The number of hydrogen-bond acceptors (Lipinski definition) is 7. The van der Waals surface area contributed by atoms with E-state index in [0.717, 1.165) is 54.9 Å². The van der Waals surface area contributed by atoms with Crippen LogP contribution in [0.1, 0.15) is 101 Å². The maximum Gasteiger partial charge on any atom is 0.251 e. The summed E-state index contributed by atoms with van der Waals surface area (Å²) in [5, 5.41) is 35.8. The highest BCUT2D eigenvalue weighted by atomic mass is 32.2. The molecule has 0 saturated heterocycles. The van der Waals surface area contributed by atoms with Gasteiger partial charge < -0.3 is 26.0 Å². The third-order valence-corrected chi connectivity index (χ3v) is 8.09. The molecule has 0 aliphatic rings. The maximum absolute atomic E-state index is 12.6. The number of hydrogen-bond donors (Lipinski definition) is 5. The minimum atomic E-state index is -0.425. The lowest BCUT2D eigenvalue weighted by molar-refractivity contribution is -0.116. The van der Waals surface area contributed by atoms with Gasteiger partial charge in [0.15, 0.2) is 0 Å². The van der Waals surface area contributed by atoms with Crippen molar-refractivity contribution in [1.29, 1.82) is 0 Å². The molecule has 0 fully saturated rings. The van der Waals surface area contributed by atoms with Gasteiger partial charge in [-0.1, -0.05) is 20.3 Å². The lowest BCUT2D eigenvalue weighted by Crippen LogP contribution is -2.25. The van der Waals surface area contributed by atoms with Crippen LogP contribution >= 0.6 is 23.5 Å². The van der Waals surface area contributed by atoms with E-state index in [4.69, 9.17) is 0 Å². The monoisotopic (exact) mass is 570 g/mol. The molecule has 1 aromatic carbocycles. The summed E-state index contributed by atoms with van der Waals surface area (Å²) in [6.45, 7) is 4.63. The van der Waals surface area contributed by atoms with Gasteiger partial charge >= 0.3 is 0 Å². The van der Waals surface area contributed by atoms with Crippen LogP contribution < -0.4 is 10.6 Å². The van der Waals surface area contributed by atoms with Crippen LogP contribution in [0, 0.1) is 0 Å². The zero-order valence-corrected chi connectivity index (χ0v) is 25.2. The van der Waals surface area contributed by atoms with Crippen LogP contribution in [0.4, 0.5) is 5.69 Å². The average Bonchev–Trinajstić information content (AvgIpc) is 2.90. The van der Waals surface area contributed by atoms with Crippen LogP contribution in [-0.2, 0) is 4.79 Å². The summed E-state index contributed by atoms with van der Waals surface area (Å²) >= 11 is 3.38. The molecule has 0 saturated carbocycles. The average molecular weight is 571 g/mol. The summed E-state index contributed by atoms with van der Waals surface area (Å²) in [5.74, 6) is 1.64. The Morgan fingerprint density at radius 3 is 2.11 bits per heavy atom. The van der Waals surface area contributed by atoms with Gasteiger partial charge in [-0.2, -0.15) is 11.8 Å². The quantitative estimate of drug-likeness (QED) is 0.0908. The van der Waals surface area contributed by atoms with E-state index in [1.54, 1.807) is 35.7 Å². The molecule has 5 N–H and O–H groups in total. The van der Waals surface area contributed by atoms with E-state index in [2.05, 4.69) is 10.6 Å². The molecule has 7 nitrogen and oxygen atoms in total. The number of aliphatic hydroxyl groups excluding tert-OH is 3. The first-order valence-electron chi connectivity index (χ1n) is 14.2. The Morgan fingerprint density at radius 1 is 0.868 bits per heavy atom. The molecule has 3 atom stereocenters. The van der Waals surface area contributed by atoms with Crippen molar-refractivity contribution in [2.75, 3.05) is 29.6 Å². The molecular weight excluding hydrogens is 520 g/mol. The largest absolute Gasteiger partial charge is 0.393 e. The number of benzene rings is 1. The van der Waals surface area contributed by atoms with Gasteiger partial charge in [-0.05, 0) is 100 Å². The highest BCUT2D eigenvalue weighted by Crippen LogP contribution is 2.28. The second-order valence-corrected chi connectivity index (χ2v) is 12.1. The lowest BCUT2D eigenvalue weighted by Gasteiger charge is -2.14. The summed E-state index contributed by atoms with van der Waals surface area (Å²) in [4.78, 5) is 26.0. The first kappa shape index (κ1) is 34.8. The third kappa shape index (κ3) is 16.0. The van der Waals surface area contributed by atoms with Gasteiger partial charge in [0.2, 0.25) is 5.91 Å². The van der Waals surface area contributed by atoms with Crippen molar-refractivity contribution in [2.24, 2.45) is 0 Å². The van der Waals surface area contributed by atoms with Crippen molar-refractivity contribution in [3.63, 3.8) is 0 Å². The Kier molecular flexibility index (Phi) is 19.7. The van der Waals surface area contributed by atoms with E-state index in [1.807, 2.05) is 26.2 Å². The molecule has 0 bridgehead atoms. The molecule has 0 aromatic heterocycles. The fourth-order valence-electron chi connectivity index (χ4n) is 4.12. The summed E-state index contributed by atoms with van der Waals surface area (Å²) < 4.78 is 0. The Balaban J connectivity index is 2.36. The maximum atomic E-state index is 12.6. The van der Waals surface area contributed by atoms with Crippen molar-refractivity contribution in [3.05, 3.63) is 23.8 Å². The summed E-state index contributed by atoms with van der Waals surface area (Å²) in [7, 11) is 0. The van der Waals surface area contributed by atoms with E-state index in [9.17, 15) is 24.9 Å². The number of thioether (sulfide) groups is 2. The fraction of sp³-hybridized carbons (Fsp3) is 0.724. The Morgan fingerprint density at radius 2 is 1.50 bits per heavy atom. The Bertz CT molecular complexity index is 796. The molecule has 0 spiro atoms. The molecular formula is C29H50N2O5S2. The zero-order valence-electron chi connectivity index (χ0n) is 23.5. The van der Waals surface area contributed by atoms with Crippen molar-refractivity contribution in [2.45, 2.75) is 114 Å². The zero-order chi connectivity index (χ0) is 28.2. The third-order valence-electron chi connectivity index (χ3n) is 6.44. The first-order valence-corrected chi connectivity index (χ1v) is 16.6. The molecule has 0 heterocycles. The first-order chi connectivity index (χ1) is 18.3. The molecule has 218 valence electrons. The smallest absolute Gasteiger partial charge is 0.251 e. The van der Waals surface area contributed by atoms with Gasteiger partial charge in [-0.3, -0.25) is 9.59 Å². The second kappa shape index (κ2) is 21.5. The van der Waals surface area contributed by atoms with Gasteiger partial charge in [0.1, 0.15) is 0 Å². The van der Waals surface area contributed by atoms with Crippen LogP contribution in [0.3, 0.4) is 0 Å². The summed E-state index contributed by atoms with van der Waals surface area (Å²) in [6, 6.07) is 5.45. The van der Waals surface area contributed by atoms with E-state index < -0.39 is 6.10 Å². The molecule has 2 amide bonds. The van der Waals surface area contributed by atoms with Crippen molar-refractivity contribution >= 4 is 41.0 Å². The Labute approximate surface area is 238 Å². The van der Waals surface area contributed by atoms with Crippen molar-refractivity contribution in [1.82, 2.24) is 5.32 Å². The van der Waals surface area contributed by atoms with Gasteiger partial charge in [-0.25, -0.2) is 0 Å². The van der Waals surface area contributed by atoms with E-state index >= 15 is 0 Å². The SMILES string of the molecule is CCSc1ccc(C(=O)NCCCSC)cc1NC(=O)CCCCC(O)CCCC(O)CCCC(O)CC. The van der Waals surface area contributed by atoms with Crippen LogP contribution in [-0.4, -0.2) is 69.8 Å². The van der Waals surface area contributed by atoms with Gasteiger partial charge in [0, 0.05) is 23.4 Å². The van der Waals surface area contributed by atoms with Crippen LogP contribution in [0.2, 0.25) is 0 Å². The number of nitrogens with one attached hydrogen (secondary N) is 2. The van der Waals surface area contributed by atoms with Gasteiger partial charge in [0.25, 0.3) is 5.91 Å². The normalized spacial score (nSPS) is 13.6. The predicted molar refractivity (Wildman–Crippen MR) is 161 cm³/mol. The Hall–Kier alpha value is -1.26. The molecule has 38 heavy (non-hydrogen) atoms. The van der Waals surface area contributed by atoms with Crippen LogP contribution in [0.5, 0.6) is 0 Å². The molecule has 0 aliphatic carbocycles. The standard InChI is InChI=1S/C29H50N2O5S2/c1-4-23(32)12-8-13-25(34)15-9-14-24(33)11-6-7-16-28(35)31-26-21-22(17-18-27(26)38-5-2)29(36)30-19-10-20-37-3/h17-18,21,23-25,32-34H,4-16,19-20H2,1-3H3,(H,30,36)(H,31,35). The van der Waals surface area contributed by atoms with Gasteiger partial charge in [0.05, 0.1) is 24.0 Å². The molecule has 9 heteroatoms. The van der Waals surface area contributed by atoms with Crippen LogP contribution in [0.15, 0.2) is 23.1 Å². The lowest BCUT2D eigenvalue weighted by atomic mass is 10.0. The van der Waals surface area contributed by atoms with E-state index in [-0.39, 0.29) is 24.0 Å². The minimum absolute atomic E-state index is 0.0914. The number of anilines is 1. The summed E-state index contributed by atoms with van der Waals surface area (Å²) in [6.07, 6.45) is 9.34. The number of rotatable bonds is 22. The minimum Gasteiger partial charge on any atom is -0.393 e. The number of carbonyl (C=O) groups excluding carboxylic acids is 2. The number of aliphatic hydroxyl groups is 3. The second-order valence-electron chi connectivity index (χ2n) is 9.77. The number of amides is 2. The van der Waals surface area contributed by atoms with Crippen molar-refractivity contribution in [3.8, 4) is 0 Å². The fourth-order valence-corrected chi connectivity index (χ4v) is 5.29. The topological polar surface area (TPSA) is 119 Å². The van der Waals surface area contributed by atoms with E-state index in [1.165, 1.54) is 0 Å². The predicted octanol–water partition coefficient (Wildman–Crippen LogP) is 5.61. The summed E-state index contributed by atoms with van der Waals surface area (Å²) in [5.41, 5.74) is 1.21. The molecule has 0 radical (unpaired) electrons. The highest BCUT2D eigenvalue weighted by Gasteiger charge is 2.13. The highest BCUT2D eigenvalue weighted by molar-refractivity contribution is 7.99.